The Morgan fingerprint density at radius 2 is 2.20 bits per heavy atom. The zero-order chi connectivity index (χ0) is 11.3. The van der Waals surface area contributed by atoms with Crippen LogP contribution >= 0.6 is 0 Å². The average Bonchev–Trinajstić information content (AvgIpc) is 2.20. The van der Waals surface area contributed by atoms with Gasteiger partial charge in [-0.2, -0.15) is 0 Å². The molecule has 0 fully saturated rings. The average molecular weight is 213 g/mol. The molecule has 1 amide bonds. The minimum atomic E-state index is -0.720. The SMILES string of the molecule is COCCOc1c(F)cccc1C(N)=O. The van der Waals surface area contributed by atoms with Crippen LogP contribution in [-0.4, -0.2) is 26.2 Å². The largest absolute Gasteiger partial charge is 0.487 e. The quantitative estimate of drug-likeness (QED) is 0.741. The third-order valence-corrected chi connectivity index (χ3v) is 1.77. The molecule has 0 aromatic heterocycles. The Kier molecular flexibility index (Phi) is 4.05. The normalized spacial score (nSPS) is 10.0. The van der Waals surface area contributed by atoms with Gasteiger partial charge in [-0.05, 0) is 12.1 Å². The van der Waals surface area contributed by atoms with Crippen molar-refractivity contribution in [1.29, 1.82) is 0 Å². The molecule has 0 heterocycles. The third-order valence-electron chi connectivity index (χ3n) is 1.77. The molecule has 0 bridgehead atoms. The molecule has 5 heteroatoms. The Morgan fingerprint density at radius 3 is 2.80 bits per heavy atom. The van der Waals surface area contributed by atoms with Gasteiger partial charge in [-0.3, -0.25) is 4.79 Å². The zero-order valence-electron chi connectivity index (χ0n) is 8.33. The highest BCUT2D eigenvalue weighted by Gasteiger charge is 2.13. The molecule has 0 unspecified atom stereocenters. The van der Waals surface area contributed by atoms with E-state index in [-0.39, 0.29) is 17.9 Å². The lowest BCUT2D eigenvalue weighted by molar-refractivity contribution is 0.0990. The number of halogens is 1. The van der Waals surface area contributed by atoms with Gasteiger partial charge in [0.2, 0.25) is 0 Å². The maximum atomic E-state index is 13.3. The van der Waals surface area contributed by atoms with E-state index in [4.69, 9.17) is 15.2 Å². The van der Waals surface area contributed by atoms with Crippen LogP contribution in [0.4, 0.5) is 4.39 Å². The predicted octanol–water partition coefficient (Wildman–Crippen LogP) is 0.950. The molecule has 0 saturated carbocycles. The molecule has 15 heavy (non-hydrogen) atoms. The summed E-state index contributed by atoms with van der Waals surface area (Å²) in [5.41, 5.74) is 5.10. The first-order chi connectivity index (χ1) is 7.16. The zero-order valence-corrected chi connectivity index (χ0v) is 8.33. The van der Waals surface area contributed by atoms with E-state index in [9.17, 15) is 9.18 Å². The predicted molar refractivity (Wildman–Crippen MR) is 52.3 cm³/mol. The second-order valence-electron chi connectivity index (χ2n) is 2.82. The van der Waals surface area contributed by atoms with Crippen LogP contribution in [0.25, 0.3) is 0 Å². The van der Waals surface area contributed by atoms with Crippen molar-refractivity contribution < 1.29 is 18.7 Å². The van der Waals surface area contributed by atoms with Crippen LogP contribution in [-0.2, 0) is 4.74 Å². The molecule has 0 radical (unpaired) electrons. The number of carbonyl (C=O) groups excluding carboxylic acids is 1. The van der Waals surface area contributed by atoms with Crippen LogP contribution in [0, 0.1) is 5.82 Å². The lowest BCUT2D eigenvalue weighted by Gasteiger charge is -2.09. The molecule has 0 aliphatic heterocycles. The Morgan fingerprint density at radius 1 is 1.47 bits per heavy atom. The van der Waals surface area contributed by atoms with Gasteiger partial charge in [0.05, 0.1) is 12.2 Å². The summed E-state index contributed by atoms with van der Waals surface area (Å²) in [5.74, 6) is -1.45. The minimum Gasteiger partial charge on any atom is -0.487 e. The van der Waals surface area contributed by atoms with Crippen molar-refractivity contribution in [3.8, 4) is 5.75 Å². The first-order valence-electron chi connectivity index (χ1n) is 4.37. The van der Waals surface area contributed by atoms with E-state index in [2.05, 4.69) is 0 Å². The van der Waals surface area contributed by atoms with Crippen molar-refractivity contribution in [3.63, 3.8) is 0 Å². The monoisotopic (exact) mass is 213 g/mol. The number of nitrogens with two attached hydrogens (primary N) is 1. The summed E-state index contributed by atoms with van der Waals surface area (Å²) in [7, 11) is 1.50. The fraction of sp³-hybridized carbons (Fsp3) is 0.300. The number of methoxy groups -OCH3 is 1. The minimum absolute atomic E-state index is 0.0334. The Hall–Kier alpha value is -1.62. The number of benzene rings is 1. The summed E-state index contributed by atoms with van der Waals surface area (Å²) in [5, 5.41) is 0. The number of ether oxygens (including phenoxy) is 2. The number of amides is 1. The van der Waals surface area contributed by atoms with Crippen LogP contribution in [0.3, 0.4) is 0 Å². The highest BCUT2D eigenvalue weighted by atomic mass is 19.1. The van der Waals surface area contributed by atoms with E-state index in [1.165, 1.54) is 25.3 Å². The fourth-order valence-corrected chi connectivity index (χ4v) is 1.08. The first kappa shape index (κ1) is 11.5. The van der Waals surface area contributed by atoms with Crippen molar-refractivity contribution in [2.24, 2.45) is 5.73 Å². The Labute approximate surface area is 86.8 Å². The molecule has 1 aromatic carbocycles. The van der Waals surface area contributed by atoms with Crippen LogP contribution in [0.2, 0.25) is 0 Å². The summed E-state index contributed by atoms with van der Waals surface area (Å²) in [6.45, 7) is 0.476. The molecular formula is C10H12FNO3. The van der Waals surface area contributed by atoms with Gasteiger partial charge in [0, 0.05) is 7.11 Å². The molecule has 1 rings (SSSR count). The van der Waals surface area contributed by atoms with E-state index in [0.29, 0.717) is 6.61 Å². The summed E-state index contributed by atoms with van der Waals surface area (Å²) >= 11 is 0. The van der Waals surface area contributed by atoms with Gasteiger partial charge < -0.3 is 15.2 Å². The van der Waals surface area contributed by atoms with Gasteiger partial charge >= 0.3 is 0 Å². The van der Waals surface area contributed by atoms with Gasteiger partial charge in [0.1, 0.15) is 6.61 Å². The van der Waals surface area contributed by atoms with Gasteiger partial charge in [-0.15, -0.1) is 0 Å². The van der Waals surface area contributed by atoms with E-state index in [0.717, 1.165) is 0 Å². The van der Waals surface area contributed by atoms with Crippen LogP contribution in [0.15, 0.2) is 18.2 Å². The summed E-state index contributed by atoms with van der Waals surface area (Å²) < 4.78 is 23.1. The van der Waals surface area contributed by atoms with Crippen molar-refractivity contribution in [3.05, 3.63) is 29.6 Å². The molecule has 0 saturated heterocycles. The van der Waals surface area contributed by atoms with Crippen molar-refractivity contribution in [2.75, 3.05) is 20.3 Å². The van der Waals surface area contributed by atoms with Gasteiger partial charge in [0.15, 0.2) is 11.6 Å². The summed E-state index contributed by atoms with van der Waals surface area (Å²) in [6, 6.07) is 4.01. The number of carbonyl (C=O) groups is 1. The van der Waals surface area contributed by atoms with E-state index < -0.39 is 11.7 Å². The lowest BCUT2D eigenvalue weighted by Crippen LogP contribution is -2.15. The summed E-state index contributed by atoms with van der Waals surface area (Å²) in [4.78, 5) is 11.0. The third kappa shape index (κ3) is 2.92. The number of hydrogen-bond donors (Lipinski definition) is 1. The van der Waals surface area contributed by atoms with Crippen molar-refractivity contribution >= 4 is 5.91 Å². The first-order valence-corrected chi connectivity index (χ1v) is 4.37. The molecule has 0 aliphatic rings. The number of primary amides is 1. The lowest BCUT2D eigenvalue weighted by atomic mass is 10.2. The van der Waals surface area contributed by atoms with E-state index in [1.807, 2.05) is 0 Å². The van der Waals surface area contributed by atoms with Gasteiger partial charge in [0.25, 0.3) is 5.91 Å². The highest BCUT2D eigenvalue weighted by molar-refractivity contribution is 5.95. The van der Waals surface area contributed by atoms with E-state index in [1.54, 1.807) is 0 Å². The molecule has 0 aliphatic carbocycles. The van der Waals surface area contributed by atoms with Crippen molar-refractivity contribution in [2.45, 2.75) is 0 Å². The van der Waals surface area contributed by atoms with Gasteiger partial charge in [-0.25, -0.2) is 4.39 Å². The Balaban J connectivity index is 2.87. The maximum Gasteiger partial charge on any atom is 0.252 e. The number of para-hydroxylation sites is 1. The maximum absolute atomic E-state index is 13.3. The fourth-order valence-electron chi connectivity index (χ4n) is 1.08. The number of hydrogen-bond acceptors (Lipinski definition) is 3. The molecular weight excluding hydrogens is 201 g/mol. The second-order valence-corrected chi connectivity index (χ2v) is 2.82. The smallest absolute Gasteiger partial charge is 0.252 e. The van der Waals surface area contributed by atoms with E-state index >= 15 is 0 Å². The van der Waals surface area contributed by atoms with Crippen LogP contribution in [0.1, 0.15) is 10.4 Å². The molecule has 82 valence electrons. The molecule has 0 spiro atoms. The van der Waals surface area contributed by atoms with Crippen LogP contribution < -0.4 is 10.5 Å². The number of rotatable bonds is 5. The standard InChI is InChI=1S/C10H12FNO3/c1-14-5-6-15-9-7(10(12)13)3-2-4-8(9)11/h2-4H,5-6H2,1H3,(H2,12,13). The van der Waals surface area contributed by atoms with Gasteiger partial charge in [-0.1, -0.05) is 6.07 Å². The molecule has 2 N–H and O–H groups in total. The van der Waals surface area contributed by atoms with Crippen molar-refractivity contribution in [1.82, 2.24) is 0 Å². The van der Waals surface area contributed by atoms with Crippen LogP contribution in [0.5, 0.6) is 5.75 Å². The Bertz CT molecular complexity index is 355. The summed E-state index contributed by atoms with van der Waals surface area (Å²) in [6.07, 6.45) is 0. The highest BCUT2D eigenvalue weighted by Crippen LogP contribution is 2.21. The topological polar surface area (TPSA) is 61.6 Å². The second kappa shape index (κ2) is 5.31. The molecule has 4 nitrogen and oxygen atoms in total. The molecule has 0 atom stereocenters. The molecule has 1 aromatic rings.